The van der Waals surface area contributed by atoms with E-state index in [4.69, 9.17) is 23.9 Å². The van der Waals surface area contributed by atoms with Crippen LogP contribution in [0.15, 0.2) is 60.7 Å². The number of hydrogen-bond donors (Lipinski definition) is 1. The number of ether oxygens (including phenoxy) is 4. The molecule has 0 unspecified atom stereocenters. The highest BCUT2D eigenvalue weighted by Gasteiger charge is 2.17. The van der Waals surface area contributed by atoms with E-state index in [1.165, 1.54) is 26.9 Å². The number of benzene rings is 3. The molecule has 1 aromatic heterocycles. The fourth-order valence-electron chi connectivity index (χ4n) is 4.55. The predicted molar refractivity (Wildman–Crippen MR) is 152 cm³/mol. The fourth-order valence-corrected chi connectivity index (χ4v) is 4.55. The third-order valence-electron chi connectivity index (χ3n) is 6.67. The normalized spacial score (nSPS) is 10.9. The molecule has 0 aliphatic carbocycles. The van der Waals surface area contributed by atoms with Gasteiger partial charge in [0.05, 0.1) is 39.0 Å². The Hall–Kier alpha value is -4.20. The number of nitrogens with zero attached hydrogens (tertiary/aromatic N) is 2. The Kier molecular flexibility index (Phi) is 9.67. The summed E-state index contributed by atoms with van der Waals surface area (Å²) in [5, 5.41) is 3.00. The van der Waals surface area contributed by atoms with Crippen LogP contribution in [-0.4, -0.2) is 49.9 Å². The Labute approximate surface area is 229 Å². The summed E-state index contributed by atoms with van der Waals surface area (Å²) in [6.07, 6.45) is 3.51. The van der Waals surface area contributed by atoms with Gasteiger partial charge in [0.25, 0.3) is 5.91 Å². The molecule has 8 nitrogen and oxygen atoms in total. The number of para-hydroxylation sites is 2. The summed E-state index contributed by atoms with van der Waals surface area (Å²) in [5.41, 5.74) is 3.79. The van der Waals surface area contributed by atoms with E-state index < -0.39 is 0 Å². The van der Waals surface area contributed by atoms with Gasteiger partial charge in [-0.15, -0.1) is 0 Å². The number of fused-ring (bicyclic) bond motifs is 1. The first-order chi connectivity index (χ1) is 19.1. The number of unbranched alkanes of at least 4 members (excludes halogenated alkanes) is 1. The van der Waals surface area contributed by atoms with Crippen molar-refractivity contribution >= 4 is 16.9 Å². The van der Waals surface area contributed by atoms with Crippen LogP contribution in [0.3, 0.4) is 0 Å². The van der Waals surface area contributed by atoms with Gasteiger partial charge in [-0.3, -0.25) is 4.79 Å². The molecule has 1 heterocycles. The first kappa shape index (κ1) is 27.8. The van der Waals surface area contributed by atoms with Crippen molar-refractivity contribution in [3.8, 4) is 23.0 Å². The summed E-state index contributed by atoms with van der Waals surface area (Å²) in [4.78, 5) is 17.8. The molecule has 8 heteroatoms. The van der Waals surface area contributed by atoms with E-state index in [9.17, 15) is 4.79 Å². The molecule has 0 aliphatic rings. The zero-order valence-corrected chi connectivity index (χ0v) is 23.2. The smallest absolute Gasteiger partial charge is 0.251 e. The van der Waals surface area contributed by atoms with Gasteiger partial charge in [-0.1, -0.05) is 31.2 Å². The summed E-state index contributed by atoms with van der Waals surface area (Å²) in [6, 6.07) is 19.7. The topological polar surface area (TPSA) is 83.8 Å². The summed E-state index contributed by atoms with van der Waals surface area (Å²) >= 11 is 0. The maximum atomic E-state index is 12.9. The highest BCUT2D eigenvalue weighted by atomic mass is 16.5. The first-order valence-corrected chi connectivity index (χ1v) is 13.3. The second-order valence-electron chi connectivity index (χ2n) is 9.14. The molecule has 1 amide bonds. The van der Waals surface area contributed by atoms with Crippen LogP contribution in [0.1, 0.15) is 41.5 Å². The molecule has 4 rings (SSSR count). The van der Waals surface area contributed by atoms with Gasteiger partial charge in [-0.25, -0.2) is 4.98 Å². The van der Waals surface area contributed by atoms with Crippen LogP contribution in [0.4, 0.5) is 0 Å². The van der Waals surface area contributed by atoms with Crippen molar-refractivity contribution in [1.29, 1.82) is 0 Å². The molecule has 0 aliphatic heterocycles. The highest BCUT2D eigenvalue weighted by Crippen LogP contribution is 2.38. The van der Waals surface area contributed by atoms with Gasteiger partial charge in [0, 0.05) is 25.1 Å². The molecule has 0 spiro atoms. The second kappa shape index (κ2) is 13.6. The lowest BCUT2D eigenvalue weighted by Crippen LogP contribution is -2.26. The van der Waals surface area contributed by atoms with Crippen LogP contribution in [0.2, 0.25) is 0 Å². The van der Waals surface area contributed by atoms with E-state index in [0.717, 1.165) is 48.4 Å². The second-order valence-corrected chi connectivity index (χ2v) is 9.14. The lowest BCUT2D eigenvalue weighted by atomic mass is 10.1. The summed E-state index contributed by atoms with van der Waals surface area (Å²) in [7, 11) is 4.59. The molecule has 0 saturated carbocycles. The van der Waals surface area contributed by atoms with E-state index in [0.29, 0.717) is 42.4 Å². The Morgan fingerprint density at radius 3 is 2.31 bits per heavy atom. The molecule has 4 aromatic rings. The van der Waals surface area contributed by atoms with E-state index in [1.807, 2.05) is 30.3 Å². The predicted octanol–water partition coefficient (Wildman–Crippen LogP) is 5.46. The zero-order chi connectivity index (χ0) is 27.6. The third-order valence-corrected chi connectivity index (χ3v) is 6.67. The monoisotopic (exact) mass is 531 g/mol. The van der Waals surface area contributed by atoms with Crippen molar-refractivity contribution in [2.75, 3.05) is 34.5 Å². The van der Waals surface area contributed by atoms with E-state index in [2.05, 4.69) is 35.0 Å². The number of carbonyl (C=O) groups is 1. The minimum absolute atomic E-state index is 0.221. The molecule has 0 fully saturated rings. The van der Waals surface area contributed by atoms with Crippen molar-refractivity contribution in [3.63, 3.8) is 0 Å². The number of nitrogens with one attached hydrogen (secondary N) is 1. The van der Waals surface area contributed by atoms with Crippen molar-refractivity contribution in [2.45, 2.75) is 39.2 Å². The van der Waals surface area contributed by atoms with Gasteiger partial charge >= 0.3 is 0 Å². The molecule has 0 bridgehead atoms. The van der Waals surface area contributed by atoms with Crippen LogP contribution in [0.25, 0.3) is 11.0 Å². The third kappa shape index (κ3) is 6.82. The van der Waals surface area contributed by atoms with Crippen LogP contribution >= 0.6 is 0 Å². The maximum absolute atomic E-state index is 12.9. The lowest BCUT2D eigenvalue weighted by Gasteiger charge is -2.14. The fraction of sp³-hybridized carbons (Fsp3) is 0.355. The average Bonchev–Trinajstić information content (AvgIpc) is 3.33. The van der Waals surface area contributed by atoms with Gasteiger partial charge in [0.2, 0.25) is 5.75 Å². The minimum atomic E-state index is -0.221. The minimum Gasteiger partial charge on any atom is -0.494 e. The lowest BCUT2D eigenvalue weighted by molar-refractivity contribution is 0.0953. The zero-order valence-electron chi connectivity index (χ0n) is 23.2. The van der Waals surface area contributed by atoms with Crippen molar-refractivity contribution in [3.05, 3.63) is 77.6 Å². The van der Waals surface area contributed by atoms with Crippen molar-refractivity contribution in [1.82, 2.24) is 14.9 Å². The van der Waals surface area contributed by atoms with Crippen LogP contribution in [0, 0.1) is 0 Å². The van der Waals surface area contributed by atoms with Crippen LogP contribution in [-0.2, 0) is 19.4 Å². The van der Waals surface area contributed by atoms with Crippen LogP contribution in [0.5, 0.6) is 23.0 Å². The summed E-state index contributed by atoms with van der Waals surface area (Å²) < 4.78 is 24.3. The van der Waals surface area contributed by atoms with E-state index >= 15 is 0 Å². The molecule has 0 saturated heterocycles. The molecule has 0 atom stereocenters. The average molecular weight is 532 g/mol. The van der Waals surface area contributed by atoms with E-state index in [1.54, 1.807) is 12.1 Å². The number of hydrogen-bond acceptors (Lipinski definition) is 6. The number of aromatic nitrogens is 2. The molecule has 39 heavy (non-hydrogen) atoms. The standard InChI is InChI=1S/C31H37N3O5/c1-5-22-12-14-24(15-13-22)39-19-9-8-18-34-26-11-7-6-10-25(26)33-29(34)16-17-32-31(35)23-20-27(36-2)30(38-4)28(21-23)37-3/h6-7,10-15,20-21H,5,8-9,16-19H2,1-4H3,(H,32,35). The van der Waals surface area contributed by atoms with Gasteiger partial charge in [-0.05, 0) is 61.2 Å². The first-order valence-electron chi connectivity index (χ1n) is 13.3. The van der Waals surface area contributed by atoms with Gasteiger partial charge < -0.3 is 28.8 Å². The largest absolute Gasteiger partial charge is 0.494 e. The van der Waals surface area contributed by atoms with Crippen LogP contribution < -0.4 is 24.3 Å². The van der Waals surface area contributed by atoms with Gasteiger partial charge in [0.15, 0.2) is 11.5 Å². The number of imidazole rings is 1. The Balaban J connectivity index is 1.35. The number of rotatable bonds is 14. The van der Waals surface area contributed by atoms with Gasteiger partial charge in [-0.2, -0.15) is 0 Å². The van der Waals surface area contributed by atoms with Crippen molar-refractivity contribution < 1.29 is 23.7 Å². The molecular weight excluding hydrogens is 494 g/mol. The summed E-state index contributed by atoms with van der Waals surface area (Å²) in [6.45, 7) is 4.08. The number of aryl methyl sites for hydroxylation is 2. The Morgan fingerprint density at radius 1 is 0.923 bits per heavy atom. The number of methoxy groups -OCH3 is 3. The Bertz CT molecular complexity index is 1360. The molecule has 0 radical (unpaired) electrons. The molecule has 206 valence electrons. The highest BCUT2D eigenvalue weighted by molar-refractivity contribution is 5.95. The van der Waals surface area contributed by atoms with Gasteiger partial charge in [0.1, 0.15) is 11.6 Å². The Morgan fingerprint density at radius 2 is 1.64 bits per heavy atom. The summed E-state index contributed by atoms with van der Waals surface area (Å²) in [5.74, 6) is 2.95. The molecule has 3 aromatic carbocycles. The molecule has 1 N–H and O–H groups in total. The van der Waals surface area contributed by atoms with Crippen molar-refractivity contribution in [2.24, 2.45) is 0 Å². The number of carbonyl (C=O) groups excluding carboxylic acids is 1. The van der Waals surface area contributed by atoms with E-state index in [-0.39, 0.29) is 5.91 Å². The number of amides is 1. The molecular formula is C31H37N3O5. The maximum Gasteiger partial charge on any atom is 0.251 e. The SMILES string of the molecule is CCc1ccc(OCCCCn2c(CCNC(=O)c3cc(OC)c(OC)c(OC)c3)nc3ccccc32)cc1. The quantitative estimate of drug-likeness (QED) is 0.218.